The van der Waals surface area contributed by atoms with E-state index in [4.69, 9.17) is 10.2 Å². The smallest absolute Gasteiger partial charge is 0.332 e. The standard InChI is InChI=1S/C10H21N3O4/c1-12(2)6-7-13(3)10(17)11-5-4-8(14)9(15)16/h8,14H,4-7H2,1-3H3,(H,11,17)(H,15,16)/t8-/m0/s1. The zero-order valence-electron chi connectivity index (χ0n) is 10.5. The van der Waals surface area contributed by atoms with E-state index in [1.165, 1.54) is 4.90 Å². The lowest BCUT2D eigenvalue weighted by atomic mass is 10.2. The summed E-state index contributed by atoms with van der Waals surface area (Å²) in [6.45, 7) is 1.47. The number of aliphatic carboxylic acids is 1. The normalized spacial score (nSPS) is 12.3. The summed E-state index contributed by atoms with van der Waals surface area (Å²) in [5, 5.41) is 19.9. The highest BCUT2D eigenvalue weighted by atomic mass is 16.4. The molecule has 0 aliphatic rings. The van der Waals surface area contributed by atoms with Crippen molar-refractivity contribution in [2.75, 3.05) is 40.8 Å². The van der Waals surface area contributed by atoms with Gasteiger partial charge in [-0.05, 0) is 14.1 Å². The maximum absolute atomic E-state index is 11.5. The monoisotopic (exact) mass is 247 g/mol. The molecule has 1 atom stereocenters. The van der Waals surface area contributed by atoms with Gasteiger partial charge in [0.2, 0.25) is 0 Å². The van der Waals surface area contributed by atoms with E-state index >= 15 is 0 Å². The number of nitrogens with zero attached hydrogens (tertiary/aromatic N) is 2. The lowest BCUT2D eigenvalue weighted by molar-refractivity contribution is -0.146. The molecule has 3 N–H and O–H groups in total. The van der Waals surface area contributed by atoms with Gasteiger partial charge in [-0.1, -0.05) is 0 Å². The molecule has 0 aliphatic carbocycles. The summed E-state index contributed by atoms with van der Waals surface area (Å²) in [7, 11) is 5.48. The van der Waals surface area contributed by atoms with Gasteiger partial charge in [0, 0.05) is 33.1 Å². The van der Waals surface area contributed by atoms with Crippen molar-refractivity contribution in [1.29, 1.82) is 0 Å². The fourth-order valence-electron chi connectivity index (χ4n) is 1.03. The van der Waals surface area contributed by atoms with Gasteiger partial charge >= 0.3 is 12.0 Å². The maximum atomic E-state index is 11.5. The Morgan fingerprint density at radius 3 is 2.29 bits per heavy atom. The highest BCUT2D eigenvalue weighted by Gasteiger charge is 2.14. The highest BCUT2D eigenvalue weighted by molar-refractivity contribution is 5.74. The van der Waals surface area contributed by atoms with Crippen LogP contribution in [-0.2, 0) is 4.79 Å². The summed E-state index contributed by atoms with van der Waals surface area (Å²) >= 11 is 0. The van der Waals surface area contributed by atoms with E-state index in [9.17, 15) is 9.59 Å². The molecule has 0 radical (unpaired) electrons. The van der Waals surface area contributed by atoms with Gasteiger partial charge in [0.25, 0.3) is 0 Å². The molecule has 0 spiro atoms. The molecular formula is C10H21N3O4. The Hall–Kier alpha value is -1.34. The summed E-state index contributed by atoms with van der Waals surface area (Å²) < 4.78 is 0. The number of carbonyl (C=O) groups is 2. The van der Waals surface area contributed by atoms with Crippen LogP contribution in [0.3, 0.4) is 0 Å². The second kappa shape index (κ2) is 7.86. The van der Waals surface area contributed by atoms with E-state index in [1.807, 2.05) is 19.0 Å². The van der Waals surface area contributed by atoms with Gasteiger partial charge in [0.15, 0.2) is 6.10 Å². The van der Waals surface area contributed by atoms with Crippen molar-refractivity contribution in [3.63, 3.8) is 0 Å². The van der Waals surface area contributed by atoms with Gasteiger partial charge in [0.05, 0.1) is 0 Å². The van der Waals surface area contributed by atoms with E-state index in [2.05, 4.69) is 5.32 Å². The molecule has 7 heteroatoms. The maximum Gasteiger partial charge on any atom is 0.332 e. The molecule has 0 aromatic rings. The summed E-state index contributed by atoms with van der Waals surface area (Å²) in [6, 6.07) is -0.274. The van der Waals surface area contributed by atoms with E-state index in [0.717, 1.165) is 6.54 Å². The lowest BCUT2D eigenvalue weighted by Crippen LogP contribution is -2.41. The number of amides is 2. The molecule has 0 aliphatic heterocycles. The van der Waals surface area contributed by atoms with Crippen LogP contribution in [0.1, 0.15) is 6.42 Å². The Morgan fingerprint density at radius 2 is 1.82 bits per heavy atom. The Bertz CT molecular complexity index is 258. The molecule has 0 aromatic carbocycles. The molecule has 17 heavy (non-hydrogen) atoms. The van der Waals surface area contributed by atoms with Crippen LogP contribution in [0.25, 0.3) is 0 Å². The molecular weight excluding hydrogens is 226 g/mol. The second-order valence-corrected chi connectivity index (χ2v) is 4.10. The van der Waals surface area contributed by atoms with E-state index < -0.39 is 12.1 Å². The summed E-state index contributed by atoms with van der Waals surface area (Å²) in [5.41, 5.74) is 0. The van der Waals surface area contributed by atoms with Crippen LogP contribution in [0.4, 0.5) is 4.79 Å². The van der Waals surface area contributed by atoms with Crippen LogP contribution in [0.15, 0.2) is 0 Å². The number of carboxylic acids is 1. The van der Waals surface area contributed by atoms with Crippen molar-refractivity contribution in [2.45, 2.75) is 12.5 Å². The molecule has 0 aromatic heterocycles. The van der Waals surface area contributed by atoms with Crippen LogP contribution in [0.2, 0.25) is 0 Å². The number of nitrogens with one attached hydrogen (secondary N) is 1. The average molecular weight is 247 g/mol. The van der Waals surface area contributed by atoms with Crippen molar-refractivity contribution >= 4 is 12.0 Å². The fraction of sp³-hybridized carbons (Fsp3) is 0.800. The Morgan fingerprint density at radius 1 is 1.24 bits per heavy atom. The Labute approximate surface area is 101 Å². The number of hydrogen-bond donors (Lipinski definition) is 3. The minimum atomic E-state index is -1.43. The predicted molar refractivity (Wildman–Crippen MR) is 62.8 cm³/mol. The van der Waals surface area contributed by atoms with Crippen molar-refractivity contribution in [2.24, 2.45) is 0 Å². The lowest BCUT2D eigenvalue weighted by Gasteiger charge is -2.20. The van der Waals surface area contributed by atoms with Gasteiger partial charge < -0.3 is 25.3 Å². The van der Waals surface area contributed by atoms with Crippen molar-refractivity contribution in [3.05, 3.63) is 0 Å². The molecule has 7 nitrogen and oxygen atoms in total. The number of carboxylic acid groups (broad SMARTS) is 1. The zero-order chi connectivity index (χ0) is 13.4. The van der Waals surface area contributed by atoms with E-state index in [0.29, 0.717) is 6.54 Å². The van der Waals surface area contributed by atoms with Gasteiger partial charge in [-0.3, -0.25) is 0 Å². The first-order valence-electron chi connectivity index (χ1n) is 5.39. The van der Waals surface area contributed by atoms with Gasteiger partial charge in [0.1, 0.15) is 0 Å². The van der Waals surface area contributed by atoms with Crippen molar-refractivity contribution in [1.82, 2.24) is 15.1 Å². The molecule has 0 saturated carbocycles. The average Bonchev–Trinajstić information content (AvgIpc) is 2.25. The van der Waals surface area contributed by atoms with Crippen LogP contribution in [0.5, 0.6) is 0 Å². The van der Waals surface area contributed by atoms with Gasteiger partial charge in [-0.15, -0.1) is 0 Å². The number of carbonyl (C=O) groups excluding carboxylic acids is 1. The molecule has 0 bridgehead atoms. The summed E-state index contributed by atoms with van der Waals surface area (Å²) in [5.74, 6) is -1.28. The molecule has 0 saturated heterocycles. The molecule has 0 rings (SSSR count). The Kier molecular flexibility index (Phi) is 7.24. The van der Waals surface area contributed by atoms with Crippen molar-refractivity contribution < 1.29 is 19.8 Å². The Balaban J connectivity index is 3.74. The summed E-state index contributed by atoms with van der Waals surface area (Å²) in [6.07, 6.45) is -1.43. The number of aliphatic hydroxyl groups is 1. The zero-order valence-corrected chi connectivity index (χ0v) is 10.5. The number of rotatable bonds is 7. The SMILES string of the molecule is CN(C)CCN(C)C(=O)NCC[C@H](O)C(=O)O. The third-order valence-electron chi connectivity index (χ3n) is 2.21. The van der Waals surface area contributed by atoms with Gasteiger partial charge in [-0.25, -0.2) is 9.59 Å². The van der Waals surface area contributed by atoms with Gasteiger partial charge in [-0.2, -0.15) is 0 Å². The van der Waals surface area contributed by atoms with Crippen LogP contribution in [-0.4, -0.2) is 78.9 Å². The third-order valence-corrected chi connectivity index (χ3v) is 2.21. The first kappa shape index (κ1) is 15.7. The fourth-order valence-corrected chi connectivity index (χ4v) is 1.03. The minimum Gasteiger partial charge on any atom is -0.479 e. The predicted octanol–water partition coefficient (Wildman–Crippen LogP) is -0.975. The quantitative estimate of drug-likeness (QED) is 0.538. The molecule has 100 valence electrons. The first-order chi connectivity index (χ1) is 7.84. The molecule has 2 amide bonds. The van der Waals surface area contributed by atoms with E-state index in [1.54, 1.807) is 7.05 Å². The second-order valence-electron chi connectivity index (χ2n) is 4.10. The number of hydrogen-bond acceptors (Lipinski definition) is 4. The number of aliphatic hydroxyl groups excluding tert-OH is 1. The highest BCUT2D eigenvalue weighted by Crippen LogP contribution is 1.91. The molecule has 0 heterocycles. The van der Waals surface area contributed by atoms with E-state index in [-0.39, 0.29) is 19.0 Å². The molecule has 0 unspecified atom stereocenters. The number of likely N-dealkylation sites (N-methyl/N-ethyl adjacent to an activating group) is 2. The topological polar surface area (TPSA) is 93.1 Å². The largest absolute Gasteiger partial charge is 0.479 e. The van der Waals surface area contributed by atoms with Crippen LogP contribution >= 0.6 is 0 Å². The minimum absolute atomic E-state index is 0.00257. The number of urea groups is 1. The third kappa shape index (κ3) is 7.53. The van der Waals surface area contributed by atoms with Crippen LogP contribution in [0, 0.1) is 0 Å². The molecule has 0 fully saturated rings. The van der Waals surface area contributed by atoms with Crippen molar-refractivity contribution in [3.8, 4) is 0 Å². The summed E-state index contributed by atoms with van der Waals surface area (Å²) in [4.78, 5) is 25.2. The first-order valence-corrected chi connectivity index (χ1v) is 5.39. The van der Waals surface area contributed by atoms with Crippen LogP contribution < -0.4 is 5.32 Å².